The van der Waals surface area contributed by atoms with Crippen LogP contribution in [0.5, 0.6) is 5.75 Å². The summed E-state index contributed by atoms with van der Waals surface area (Å²) >= 11 is 0. The number of amides is 5. The second-order valence-electron chi connectivity index (χ2n) is 11.6. The Morgan fingerprint density at radius 3 is 1.87 bits per heavy atom. The fourth-order valence-electron chi connectivity index (χ4n) is 4.28. The average Bonchev–Trinajstić information content (AvgIpc) is 3.00. The number of aliphatic hydroxyl groups is 1. The maximum Gasteiger partial charge on any atom is 0.326 e. The number of hydrogen-bond donors (Lipinski definition) is 10. The lowest BCUT2D eigenvalue weighted by molar-refractivity contribution is -0.143. The van der Waals surface area contributed by atoms with Crippen LogP contribution in [-0.2, 0) is 40.0 Å². The van der Waals surface area contributed by atoms with Gasteiger partial charge in [-0.1, -0.05) is 46.2 Å². The lowest BCUT2D eigenvalue weighted by atomic mass is 9.97. The normalized spacial score (nSPS) is 14.8. The van der Waals surface area contributed by atoms with Gasteiger partial charge in [-0.25, -0.2) is 4.79 Å². The summed E-state index contributed by atoms with van der Waals surface area (Å²) in [6, 6.07) is -0.939. The molecule has 11 N–H and O–H groups in total. The van der Waals surface area contributed by atoms with Crippen LogP contribution in [0.4, 0.5) is 0 Å². The van der Waals surface area contributed by atoms with Crippen molar-refractivity contribution < 1.29 is 54.0 Å². The molecule has 0 spiro atoms. The number of carbonyl (C=O) groups is 7. The number of hydrogen-bond acceptors (Lipinski definition) is 10. The van der Waals surface area contributed by atoms with Crippen LogP contribution in [0.15, 0.2) is 24.3 Å². The first-order valence-corrected chi connectivity index (χ1v) is 15.1. The number of nitrogens with two attached hydrogens (primary N) is 1. The van der Waals surface area contributed by atoms with E-state index >= 15 is 0 Å². The molecule has 17 heteroatoms. The molecule has 6 atom stereocenters. The van der Waals surface area contributed by atoms with Crippen LogP contribution < -0.4 is 32.3 Å². The Bertz CT molecular complexity index is 1260. The van der Waals surface area contributed by atoms with Crippen molar-refractivity contribution in [1.82, 2.24) is 26.6 Å². The number of phenolic OH excluding ortho intramolecular Hbond substituents is 1. The molecule has 0 radical (unpaired) electrons. The van der Waals surface area contributed by atoms with Crippen molar-refractivity contribution in [3.63, 3.8) is 0 Å². The molecule has 1 aromatic carbocycles. The van der Waals surface area contributed by atoms with Gasteiger partial charge in [0, 0.05) is 0 Å². The summed E-state index contributed by atoms with van der Waals surface area (Å²) in [5.41, 5.74) is 6.55. The number of aromatic hydroxyl groups is 1. The smallest absolute Gasteiger partial charge is 0.326 e. The molecule has 0 unspecified atom stereocenters. The second kappa shape index (κ2) is 19.7. The molecule has 0 heterocycles. The Balaban J connectivity index is 2.89. The zero-order valence-corrected chi connectivity index (χ0v) is 26.8. The van der Waals surface area contributed by atoms with Crippen molar-refractivity contribution in [2.24, 2.45) is 17.6 Å². The van der Waals surface area contributed by atoms with E-state index in [2.05, 4.69) is 26.6 Å². The fourth-order valence-corrected chi connectivity index (χ4v) is 4.28. The molecule has 0 aliphatic rings. The highest BCUT2D eigenvalue weighted by Gasteiger charge is 2.32. The largest absolute Gasteiger partial charge is 0.508 e. The van der Waals surface area contributed by atoms with Gasteiger partial charge in [0.1, 0.15) is 29.9 Å². The quantitative estimate of drug-likeness (QED) is 0.0720. The first-order valence-electron chi connectivity index (χ1n) is 15.1. The molecule has 0 saturated heterocycles. The van der Waals surface area contributed by atoms with Gasteiger partial charge in [-0.15, -0.1) is 0 Å². The molecule has 0 bridgehead atoms. The minimum Gasteiger partial charge on any atom is -0.508 e. The Morgan fingerprint density at radius 2 is 1.36 bits per heavy atom. The molecule has 0 aliphatic carbocycles. The first kappa shape index (κ1) is 40.3. The summed E-state index contributed by atoms with van der Waals surface area (Å²) in [5, 5.41) is 49.2. The van der Waals surface area contributed by atoms with Gasteiger partial charge in [0.25, 0.3) is 0 Å². The number of carboxylic acid groups (broad SMARTS) is 2. The predicted octanol–water partition coefficient (Wildman–Crippen LogP) is -2.04. The van der Waals surface area contributed by atoms with Gasteiger partial charge in [-0.2, -0.15) is 0 Å². The molecule has 262 valence electrons. The predicted molar refractivity (Wildman–Crippen MR) is 166 cm³/mol. The third kappa shape index (κ3) is 14.5. The average molecular weight is 667 g/mol. The molecule has 17 nitrogen and oxygen atoms in total. The van der Waals surface area contributed by atoms with Gasteiger partial charge in [-0.3, -0.25) is 28.8 Å². The van der Waals surface area contributed by atoms with Crippen LogP contribution in [0.1, 0.15) is 52.5 Å². The summed E-state index contributed by atoms with van der Waals surface area (Å²) < 4.78 is 0. The third-order valence-corrected chi connectivity index (χ3v) is 7.11. The van der Waals surface area contributed by atoms with Crippen molar-refractivity contribution in [2.75, 3.05) is 13.2 Å². The molecule has 1 aromatic rings. The molecule has 0 aliphatic heterocycles. The fraction of sp³-hybridized carbons (Fsp3) is 0.567. The number of aliphatic hydroxyl groups excluding tert-OH is 1. The zero-order valence-electron chi connectivity index (χ0n) is 26.8. The number of carbonyl (C=O) groups excluding carboxylic acids is 5. The number of nitrogens with one attached hydrogen (secondary N) is 5. The number of aliphatic carboxylic acids is 2. The molecular formula is C30H46N6O11. The van der Waals surface area contributed by atoms with Gasteiger partial charge < -0.3 is 52.7 Å². The standard InChI is InChI=1S/C30H46N6O11/c1-5-16(4)25(29(45)32-13-23(39)33-22(14-37)28(44)35-21(30(46)47)10-15(2)3)36-27(43)20(12-24(40)41)34-26(42)19(31)11-17-6-8-18(38)9-7-17/h6-9,15-16,19-22,25,37-38H,5,10-14,31H2,1-4H3,(H,32,45)(H,33,39)(H,34,42)(H,35,44)(H,36,43)(H,40,41)(H,46,47)/t16-,19-,20-,21-,22-,25-/m0/s1. The summed E-state index contributed by atoms with van der Waals surface area (Å²) in [5.74, 6) is -7.80. The van der Waals surface area contributed by atoms with Crippen molar-refractivity contribution in [2.45, 2.75) is 83.6 Å². The maximum atomic E-state index is 13.1. The number of phenols is 1. The second-order valence-corrected chi connectivity index (χ2v) is 11.6. The Morgan fingerprint density at radius 1 is 0.787 bits per heavy atom. The molecule has 0 saturated carbocycles. The monoisotopic (exact) mass is 666 g/mol. The Kier molecular flexibility index (Phi) is 16.9. The van der Waals surface area contributed by atoms with Crippen LogP contribution in [0.3, 0.4) is 0 Å². The molecular weight excluding hydrogens is 620 g/mol. The number of benzene rings is 1. The van der Waals surface area contributed by atoms with Crippen LogP contribution in [0, 0.1) is 11.8 Å². The highest BCUT2D eigenvalue weighted by Crippen LogP contribution is 2.12. The number of carboxylic acids is 2. The van der Waals surface area contributed by atoms with E-state index in [1.165, 1.54) is 12.1 Å². The highest BCUT2D eigenvalue weighted by atomic mass is 16.4. The highest BCUT2D eigenvalue weighted by molar-refractivity contribution is 5.96. The summed E-state index contributed by atoms with van der Waals surface area (Å²) in [6.07, 6.45) is -0.336. The van der Waals surface area contributed by atoms with Crippen molar-refractivity contribution in [3.8, 4) is 5.75 Å². The lowest BCUT2D eigenvalue weighted by Crippen LogP contribution is -2.59. The van der Waals surface area contributed by atoms with Gasteiger partial charge >= 0.3 is 11.9 Å². The molecule has 1 rings (SSSR count). The minimum absolute atomic E-state index is 0.00967. The van der Waals surface area contributed by atoms with E-state index in [0.29, 0.717) is 12.0 Å². The summed E-state index contributed by atoms with van der Waals surface area (Å²) in [6.45, 7) is 5.29. The van der Waals surface area contributed by atoms with Crippen molar-refractivity contribution in [3.05, 3.63) is 29.8 Å². The Hall–Kier alpha value is -4.77. The lowest BCUT2D eigenvalue weighted by Gasteiger charge is -2.26. The van der Waals surface area contributed by atoms with Crippen molar-refractivity contribution in [1.29, 1.82) is 0 Å². The van der Waals surface area contributed by atoms with Crippen LogP contribution >= 0.6 is 0 Å². The molecule has 0 fully saturated rings. The van der Waals surface area contributed by atoms with E-state index < -0.39 is 97.2 Å². The summed E-state index contributed by atoms with van der Waals surface area (Å²) in [4.78, 5) is 86.9. The van der Waals surface area contributed by atoms with Gasteiger partial charge in [-0.05, 0) is 42.4 Å². The molecule has 5 amide bonds. The van der Waals surface area contributed by atoms with Gasteiger partial charge in [0.15, 0.2) is 0 Å². The van der Waals surface area contributed by atoms with E-state index in [1.54, 1.807) is 39.8 Å². The Labute approximate surface area is 272 Å². The molecule has 47 heavy (non-hydrogen) atoms. The molecule has 0 aromatic heterocycles. The van der Waals surface area contributed by atoms with Crippen LogP contribution in [-0.4, -0.2) is 105 Å². The maximum absolute atomic E-state index is 13.1. The first-order chi connectivity index (χ1) is 22.0. The van der Waals surface area contributed by atoms with E-state index in [4.69, 9.17) is 5.73 Å². The van der Waals surface area contributed by atoms with E-state index in [1.807, 2.05) is 0 Å². The van der Waals surface area contributed by atoms with E-state index in [9.17, 15) is 54.0 Å². The minimum atomic E-state index is -1.61. The van der Waals surface area contributed by atoms with Crippen LogP contribution in [0.25, 0.3) is 0 Å². The zero-order chi connectivity index (χ0) is 35.8. The van der Waals surface area contributed by atoms with E-state index in [0.717, 1.165) is 0 Å². The summed E-state index contributed by atoms with van der Waals surface area (Å²) in [7, 11) is 0. The third-order valence-electron chi connectivity index (χ3n) is 7.11. The topological polar surface area (TPSA) is 287 Å². The van der Waals surface area contributed by atoms with E-state index in [-0.39, 0.29) is 24.5 Å². The van der Waals surface area contributed by atoms with Crippen LogP contribution in [0.2, 0.25) is 0 Å². The van der Waals surface area contributed by atoms with Gasteiger partial charge in [0.2, 0.25) is 29.5 Å². The van der Waals surface area contributed by atoms with Crippen molar-refractivity contribution >= 4 is 41.5 Å². The SMILES string of the molecule is CC[C@H](C)[C@H](NC(=O)[C@H](CC(=O)O)NC(=O)[C@@H](N)Cc1ccc(O)cc1)C(=O)NCC(=O)N[C@@H](CO)C(=O)N[C@@H](CC(C)C)C(=O)O. The number of rotatable bonds is 20. The van der Waals surface area contributed by atoms with Gasteiger partial charge in [0.05, 0.1) is 25.6 Å².